The van der Waals surface area contributed by atoms with Crippen molar-refractivity contribution in [3.8, 4) is 11.1 Å². The zero-order chi connectivity index (χ0) is 22.7. The zero-order valence-electron chi connectivity index (χ0n) is 18.0. The number of thioether (sulfide) groups is 1. The molecule has 7 nitrogen and oxygen atoms in total. The molecule has 2 aliphatic rings. The Hall–Kier alpha value is -3.07. The Morgan fingerprint density at radius 1 is 1.28 bits per heavy atom. The van der Waals surface area contributed by atoms with Gasteiger partial charge in [0, 0.05) is 25.6 Å². The summed E-state index contributed by atoms with van der Waals surface area (Å²) >= 11 is 1.65. The van der Waals surface area contributed by atoms with Gasteiger partial charge in [-0.25, -0.2) is 9.18 Å². The van der Waals surface area contributed by atoms with Gasteiger partial charge in [-0.3, -0.25) is 14.7 Å². The molecule has 0 spiro atoms. The summed E-state index contributed by atoms with van der Waals surface area (Å²) in [6.07, 6.45) is 1.01. The second-order valence-corrected chi connectivity index (χ2v) is 8.48. The Kier molecular flexibility index (Phi) is 6.64. The van der Waals surface area contributed by atoms with Crippen molar-refractivity contribution in [1.82, 2.24) is 10.2 Å². The molecular weight excluding hydrogens is 431 g/mol. The van der Waals surface area contributed by atoms with Crippen LogP contribution in [0.4, 0.5) is 14.9 Å². The molecule has 2 aromatic rings. The van der Waals surface area contributed by atoms with E-state index >= 15 is 0 Å². The quantitative estimate of drug-likeness (QED) is 0.720. The Balaban J connectivity index is 1.44. The molecule has 4 rings (SSSR count). The Labute approximate surface area is 190 Å². The minimum atomic E-state index is -0.549. The van der Waals surface area contributed by atoms with Gasteiger partial charge in [-0.2, -0.15) is 0 Å². The maximum atomic E-state index is 14.9. The minimum absolute atomic E-state index is 0.195. The van der Waals surface area contributed by atoms with Gasteiger partial charge in [0.05, 0.1) is 25.3 Å². The summed E-state index contributed by atoms with van der Waals surface area (Å²) in [6, 6.07) is 12.6. The van der Waals surface area contributed by atoms with Crippen LogP contribution in [0.2, 0.25) is 0 Å². The molecule has 2 heterocycles. The maximum Gasteiger partial charge on any atom is 0.414 e. The highest BCUT2D eigenvalue weighted by molar-refractivity contribution is 8.13. The molecular formula is C23H25FN4O3S. The van der Waals surface area contributed by atoms with Gasteiger partial charge in [0.2, 0.25) is 5.91 Å². The van der Waals surface area contributed by atoms with Crippen LogP contribution in [0, 0.1) is 5.82 Å². The molecule has 9 heteroatoms. The lowest BCUT2D eigenvalue weighted by atomic mass is 10.0. The average Bonchev–Trinajstić information content (AvgIpc) is 3.38. The summed E-state index contributed by atoms with van der Waals surface area (Å²) < 4.78 is 20.2. The summed E-state index contributed by atoms with van der Waals surface area (Å²) in [5, 5.41) is 3.68. The van der Waals surface area contributed by atoms with Gasteiger partial charge < -0.3 is 15.0 Å². The number of ether oxygens (including phenoxy) is 1. The molecule has 2 aliphatic heterocycles. The van der Waals surface area contributed by atoms with E-state index in [1.807, 2.05) is 30.5 Å². The summed E-state index contributed by atoms with van der Waals surface area (Å²) in [5.41, 5.74) is 2.80. The molecule has 1 N–H and O–H groups in total. The van der Waals surface area contributed by atoms with Gasteiger partial charge in [-0.1, -0.05) is 36.0 Å². The van der Waals surface area contributed by atoms with E-state index in [2.05, 4.69) is 15.2 Å². The molecule has 0 radical (unpaired) electrons. The summed E-state index contributed by atoms with van der Waals surface area (Å²) in [6.45, 7) is 4.40. The number of nitrogens with one attached hydrogen (secondary N) is 1. The number of benzene rings is 2. The van der Waals surface area contributed by atoms with Crippen LogP contribution in [0.15, 0.2) is 47.5 Å². The largest absolute Gasteiger partial charge is 0.442 e. The van der Waals surface area contributed by atoms with Crippen LogP contribution in [0.5, 0.6) is 0 Å². The molecule has 32 heavy (non-hydrogen) atoms. The number of aliphatic imine (C=N–C) groups is 1. The van der Waals surface area contributed by atoms with Crippen molar-refractivity contribution in [2.45, 2.75) is 19.6 Å². The van der Waals surface area contributed by atoms with Gasteiger partial charge in [0.1, 0.15) is 11.9 Å². The monoisotopic (exact) mass is 456 g/mol. The van der Waals surface area contributed by atoms with Crippen LogP contribution in [-0.4, -0.2) is 60.6 Å². The second kappa shape index (κ2) is 9.60. The average molecular weight is 457 g/mol. The van der Waals surface area contributed by atoms with Crippen LogP contribution < -0.4 is 10.2 Å². The highest BCUT2D eigenvalue weighted by Gasteiger charge is 2.32. The van der Waals surface area contributed by atoms with Crippen molar-refractivity contribution in [1.29, 1.82) is 0 Å². The summed E-state index contributed by atoms with van der Waals surface area (Å²) in [5.74, 6) is -0.608. The van der Waals surface area contributed by atoms with Gasteiger partial charge >= 0.3 is 6.09 Å². The first kappa shape index (κ1) is 22.1. The highest BCUT2D eigenvalue weighted by atomic mass is 32.2. The second-order valence-electron chi connectivity index (χ2n) is 7.70. The number of amidine groups is 1. The highest BCUT2D eigenvalue weighted by Crippen LogP contribution is 2.29. The number of rotatable bonds is 6. The predicted molar refractivity (Wildman–Crippen MR) is 124 cm³/mol. The fourth-order valence-corrected chi connectivity index (χ4v) is 4.45. The first-order valence-electron chi connectivity index (χ1n) is 10.4. The molecule has 2 aromatic carbocycles. The van der Waals surface area contributed by atoms with E-state index in [0.29, 0.717) is 11.3 Å². The Bertz CT molecular complexity index is 1040. The smallest absolute Gasteiger partial charge is 0.414 e. The van der Waals surface area contributed by atoms with Crippen molar-refractivity contribution in [2.75, 3.05) is 37.3 Å². The number of halogens is 1. The van der Waals surface area contributed by atoms with E-state index in [1.165, 1.54) is 17.9 Å². The van der Waals surface area contributed by atoms with Crippen molar-refractivity contribution >= 4 is 34.6 Å². The molecule has 1 saturated heterocycles. The number of carbonyl (C=O) groups excluding carboxylic acids is 2. The van der Waals surface area contributed by atoms with E-state index in [4.69, 9.17) is 4.74 Å². The molecule has 1 fully saturated rings. The predicted octanol–water partition coefficient (Wildman–Crippen LogP) is 3.49. The van der Waals surface area contributed by atoms with Gasteiger partial charge in [0.15, 0.2) is 5.17 Å². The molecule has 168 valence electrons. The van der Waals surface area contributed by atoms with Crippen LogP contribution in [0.1, 0.15) is 12.5 Å². The number of amides is 2. The number of hydrogen-bond acceptors (Lipinski definition) is 6. The lowest BCUT2D eigenvalue weighted by Crippen LogP contribution is -2.33. The lowest BCUT2D eigenvalue weighted by Gasteiger charge is -2.19. The van der Waals surface area contributed by atoms with E-state index in [1.54, 1.807) is 23.9 Å². The molecule has 0 saturated carbocycles. The molecule has 2 amide bonds. The van der Waals surface area contributed by atoms with Crippen LogP contribution in [0.3, 0.4) is 0 Å². The van der Waals surface area contributed by atoms with Crippen molar-refractivity contribution in [2.24, 2.45) is 4.99 Å². The number of nitrogens with zero attached hydrogens (tertiary/aromatic N) is 3. The van der Waals surface area contributed by atoms with E-state index in [0.717, 1.165) is 35.9 Å². The number of cyclic esters (lactones) is 1. The third kappa shape index (κ3) is 4.88. The van der Waals surface area contributed by atoms with Crippen molar-refractivity contribution in [3.63, 3.8) is 0 Å². The van der Waals surface area contributed by atoms with E-state index in [9.17, 15) is 14.0 Å². The molecule has 0 unspecified atom stereocenters. The molecule has 0 aliphatic carbocycles. The first-order valence-corrected chi connectivity index (χ1v) is 11.6. The maximum absolute atomic E-state index is 14.9. The summed E-state index contributed by atoms with van der Waals surface area (Å²) in [7, 11) is 0. The Morgan fingerprint density at radius 3 is 2.75 bits per heavy atom. The standard InChI is InChI=1S/C23H25FN4O3S/c1-15(29)26-12-19-14-28(23(30)31-19)18-7-8-20(21(24)11-18)17-5-3-16(4-6-17)13-27-10-9-25-22(27)32-2/h3-8,11,19H,9-10,12-14H2,1-2H3,(H,26,29)/t19-/m0/s1. The van der Waals surface area contributed by atoms with Crippen LogP contribution in [0.25, 0.3) is 11.1 Å². The van der Waals surface area contributed by atoms with Crippen molar-refractivity contribution < 1.29 is 18.7 Å². The van der Waals surface area contributed by atoms with Crippen LogP contribution in [-0.2, 0) is 16.1 Å². The topological polar surface area (TPSA) is 74.2 Å². The molecule has 0 aromatic heterocycles. The molecule has 0 bridgehead atoms. The molecule has 1 atom stereocenters. The van der Waals surface area contributed by atoms with E-state index < -0.39 is 18.0 Å². The first-order chi connectivity index (χ1) is 15.4. The number of hydrogen-bond donors (Lipinski definition) is 1. The van der Waals surface area contributed by atoms with Crippen LogP contribution >= 0.6 is 11.8 Å². The van der Waals surface area contributed by atoms with Gasteiger partial charge in [0.25, 0.3) is 0 Å². The number of carbonyl (C=O) groups is 2. The third-order valence-corrected chi connectivity index (χ3v) is 6.18. The van der Waals surface area contributed by atoms with Gasteiger partial charge in [-0.15, -0.1) is 0 Å². The minimum Gasteiger partial charge on any atom is -0.442 e. The Morgan fingerprint density at radius 2 is 2.06 bits per heavy atom. The van der Waals surface area contributed by atoms with Gasteiger partial charge in [-0.05, 0) is 35.6 Å². The SMILES string of the molecule is CSC1=NCCN1Cc1ccc(-c2ccc(N3C[C@H](CNC(C)=O)OC3=O)cc2F)cc1. The zero-order valence-corrected chi connectivity index (χ0v) is 18.8. The van der Waals surface area contributed by atoms with E-state index in [-0.39, 0.29) is 19.0 Å². The fourth-order valence-electron chi connectivity index (χ4n) is 3.81. The fraction of sp³-hybridized carbons (Fsp3) is 0.348. The number of anilines is 1. The summed E-state index contributed by atoms with van der Waals surface area (Å²) in [4.78, 5) is 31.3. The third-order valence-electron chi connectivity index (χ3n) is 5.43. The lowest BCUT2D eigenvalue weighted by molar-refractivity contribution is -0.119. The normalized spacial score (nSPS) is 18.0. The van der Waals surface area contributed by atoms with Crippen molar-refractivity contribution in [3.05, 3.63) is 53.8 Å².